The van der Waals surface area contributed by atoms with Crippen LogP contribution < -0.4 is 10.0 Å². The van der Waals surface area contributed by atoms with Crippen LogP contribution in [0.1, 0.15) is 19.3 Å². The van der Waals surface area contributed by atoms with E-state index >= 15 is 0 Å². The molecule has 3 aliphatic rings. The number of hydrogen-bond acceptors (Lipinski definition) is 6. The number of carbonyl (C=O) groups is 2. The number of rotatable bonds is 6. The van der Waals surface area contributed by atoms with Gasteiger partial charge in [-0.1, -0.05) is 0 Å². The van der Waals surface area contributed by atoms with Gasteiger partial charge >= 0.3 is 0 Å². The minimum Gasteiger partial charge on any atom is -0.378 e. The van der Waals surface area contributed by atoms with Gasteiger partial charge < -0.3 is 15.0 Å². The lowest BCUT2D eigenvalue weighted by Crippen LogP contribution is -2.58. The molecule has 9 nitrogen and oxygen atoms in total. The van der Waals surface area contributed by atoms with Gasteiger partial charge in [0.05, 0.1) is 24.2 Å². The summed E-state index contributed by atoms with van der Waals surface area (Å²) in [5.41, 5.74) is 0. The average molecular weight is 455 g/mol. The molecule has 0 unspecified atom stereocenters. The summed E-state index contributed by atoms with van der Waals surface area (Å²) in [6, 6.07) is 3.72. The Morgan fingerprint density at radius 3 is 2.65 bits per heavy atom. The van der Waals surface area contributed by atoms with Crippen LogP contribution in [0.2, 0.25) is 0 Å². The van der Waals surface area contributed by atoms with Crippen LogP contribution in [0.5, 0.6) is 0 Å². The molecule has 4 rings (SSSR count). The van der Waals surface area contributed by atoms with Crippen LogP contribution in [0.3, 0.4) is 0 Å². The molecule has 0 aromatic heterocycles. The van der Waals surface area contributed by atoms with Gasteiger partial charge in [-0.3, -0.25) is 14.5 Å². The number of carbonyl (C=O) groups excluding carboxylic acids is 2. The maximum absolute atomic E-state index is 13.1. The molecule has 0 bridgehead atoms. The summed E-state index contributed by atoms with van der Waals surface area (Å²) in [7, 11) is -3.83. The average Bonchev–Trinajstić information content (AvgIpc) is 3.18. The number of sulfonamides is 1. The molecule has 3 saturated heterocycles. The first-order valence-corrected chi connectivity index (χ1v) is 12.0. The van der Waals surface area contributed by atoms with Crippen LogP contribution in [0.4, 0.5) is 4.39 Å². The minimum atomic E-state index is -3.83. The van der Waals surface area contributed by atoms with Crippen molar-refractivity contribution in [3.63, 3.8) is 0 Å². The lowest BCUT2D eigenvalue weighted by Gasteiger charge is -2.37. The summed E-state index contributed by atoms with van der Waals surface area (Å²) in [5.74, 6) is -0.563. The third-order valence-electron chi connectivity index (χ3n) is 6.12. The van der Waals surface area contributed by atoms with Crippen molar-refractivity contribution >= 4 is 21.8 Å². The van der Waals surface area contributed by atoms with Gasteiger partial charge in [0.2, 0.25) is 21.8 Å². The van der Waals surface area contributed by atoms with Crippen molar-refractivity contribution in [2.45, 2.75) is 42.3 Å². The molecule has 3 aliphatic heterocycles. The third kappa shape index (κ3) is 5.05. The lowest BCUT2D eigenvalue weighted by molar-refractivity contribution is -0.136. The number of fused-ring (bicyclic) bond motifs is 1. The minimum absolute atomic E-state index is 0.0177. The predicted molar refractivity (Wildman–Crippen MR) is 109 cm³/mol. The summed E-state index contributed by atoms with van der Waals surface area (Å²) in [5, 5.41) is 2.88. The fraction of sp³-hybridized carbons (Fsp3) is 0.600. The molecule has 0 saturated carbocycles. The van der Waals surface area contributed by atoms with Gasteiger partial charge in [-0.25, -0.2) is 17.5 Å². The van der Waals surface area contributed by atoms with Crippen LogP contribution >= 0.6 is 0 Å². The highest BCUT2D eigenvalue weighted by molar-refractivity contribution is 7.89. The van der Waals surface area contributed by atoms with E-state index in [1.165, 1.54) is 12.1 Å². The maximum Gasteiger partial charge on any atom is 0.240 e. The fourth-order valence-electron chi connectivity index (χ4n) is 4.49. The second-order valence-corrected chi connectivity index (χ2v) is 9.87. The van der Waals surface area contributed by atoms with Gasteiger partial charge in [0, 0.05) is 44.7 Å². The van der Waals surface area contributed by atoms with Crippen molar-refractivity contribution < 1.29 is 27.1 Å². The Hall–Kier alpha value is -2.08. The van der Waals surface area contributed by atoms with E-state index in [-0.39, 0.29) is 22.8 Å². The van der Waals surface area contributed by atoms with Crippen molar-refractivity contribution in [2.75, 3.05) is 39.4 Å². The number of morpholine rings is 1. The van der Waals surface area contributed by atoms with E-state index in [4.69, 9.17) is 4.74 Å². The zero-order chi connectivity index (χ0) is 22.0. The zero-order valence-corrected chi connectivity index (χ0v) is 17.9. The molecule has 11 heteroatoms. The van der Waals surface area contributed by atoms with Gasteiger partial charge in [-0.05, 0) is 37.1 Å². The summed E-state index contributed by atoms with van der Waals surface area (Å²) in [6.45, 7) is 3.11. The molecule has 1 aromatic rings. The lowest BCUT2D eigenvalue weighted by atomic mass is 10.0. The summed E-state index contributed by atoms with van der Waals surface area (Å²) in [6.07, 6.45) is 1.31. The Labute approximate surface area is 181 Å². The normalized spacial score (nSPS) is 27.1. The maximum atomic E-state index is 13.1. The Morgan fingerprint density at radius 2 is 1.94 bits per heavy atom. The largest absolute Gasteiger partial charge is 0.378 e. The van der Waals surface area contributed by atoms with E-state index < -0.39 is 27.9 Å². The molecule has 3 heterocycles. The van der Waals surface area contributed by atoms with Gasteiger partial charge in [0.1, 0.15) is 5.82 Å². The number of hydrogen-bond donors (Lipinski definition) is 2. The first-order chi connectivity index (χ1) is 14.8. The van der Waals surface area contributed by atoms with Crippen LogP contribution in [-0.2, 0) is 24.3 Å². The molecule has 0 radical (unpaired) electrons. The molecule has 2 amide bonds. The van der Waals surface area contributed by atoms with Crippen LogP contribution in [0, 0.1) is 5.82 Å². The predicted octanol–water partition coefficient (Wildman–Crippen LogP) is -0.316. The molecular weight excluding hydrogens is 427 g/mol. The number of piperazine rings is 1. The van der Waals surface area contributed by atoms with Gasteiger partial charge in [-0.15, -0.1) is 0 Å². The number of nitrogens with zero attached hydrogens (tertiary/aromatic N) is 2. The molecule has 2 N–H and O–H groups in total. The number of halogens is 1. The Kier molecular flexibility index (Phi) is 6.56. The molecule has 0 aliphatic carbocycles. The second kappa shape index (κ2) is 9.19. The van der Waals surface area contributed by atoms with Crippen molar-refractivity contribution in [1.82, 2.24) is 19.8 Å². The first-order valence-electron chi connectivity index (χ1n) is 10.5. The van der Waals surface area contributed by atoms with Crippen molar-refractivity contribution in [1.29, 1.82) is 0 Å². The molecule has 3 fully saturated rings. The van der Waals surface area contributed by atoms with E-state index in [0.29, 0.717) is 58.7 Å². The second-order valence-electron chi connectivity index (χ2n) is 8.15. The van der Waals surface area contributed by atoms with E-state index in [1.54, 1.807) is 4.90 Å². The van der Waals surface area contributed by atoms with Gasteiger partial charge in [-0.2, -0.15) is 0 Å². The van der Waals surface area contributed by atoms with Crippen molar-refractivity contribution in [3.05, 3.63) is 30.1 Å². The first kappa shape index (κ1) is 22.1. The number of nitrogens with one attached hydrogen (secondary N) is 2. The Balaban J connectivity index is 1.37. The summed E-state index contributed by atoms with van der Waals surface area (Å²) < 4.78 is 46.3. The van der Waals surface area contributed by atoms with Crippen LogP contribution in [-0.4, -0.2) is 87.6 Å². The SMILES string of the molecule is O=C1NC[C@@H](CCC(=O)N2CCOCC2)N2C[C@H](NS(=O)(=O)c3ccc(F)cc3)C[C@@H]12. The van der Waals surface area contributed by atoms with E-state index in [1.807, 2.05) is 4.90 Å². The fourth-order valence-corrected chi connectivity index (χ4v) is 5.73. The van der Waals surface area contributed by atoms with E-state index in [0.717, 1.165) is 12.1 Å². The smallest absolute Gasteiger partial charge is 0.240 e. The van der Waals surface area contributed by atoms with E-state index in [9.17, 15) is 22.4 Å². The Bertz CT molecular complexity index is 920. The number of benzene rings is 1. The van der Waals surface area contributed by atoms with E-state index in [2.05, 4.69) is 10.0 Å². The third-order valence-corrected chi connectivity index (χ3v) is 7.66. The molecule has 3 atom stereocenters. The highest BCUT2D eigenvalue weighted by Crippen LogP contribution is 2.27. The highest BCUT2D eigenvalue weighted by Gasteiger charge is 2.44. The summed E-state index contributed by atoms with van der Waals surface area (Å²) in [4.78, 5) is 28.6. The van der Waals surface area contributed by atoms with Gasteiger partial charge in [0.15, 0.2) is 0 Å². The molecule has 170 valence electrons. The monoisotopic (exact) mass is 454 g/mol. The highest BCUT2D eigenvalue weighted by atomic mass is 32.2. The quantitative estimate of drug-likeness (QED) is 0.610. The van der Waals surface area contributed by atoms with Crippen LogP contribution in [0.15, 0.2) is 29.2 Å². The summed E-state index contributed by atoms with van der Waals surface area (Å²) >= 11 is 0. The standard InChI is InChI=1S/C20H27FN4O5S/c21-14-1-4-17(5-2-14)31(28,29)23-15-11-18-20(27)22-12-16(25(18)13-15)3-6-19(26)24-7-9-30-10-8-24/h1-2,4-5,15-16,18,23H,3,6-13H2,(H,22,27)/t15-,16-,18+/m1/s1. The van der Waals surface area contributed by atoms with Crippen LogP contribution in [0.25, 0.3) is 0 Å². The molecule has 1 aromatic carbocycles. The van der Waals surface area contributed by atoms with Crippen molar-refractivity contribution in [2.24, 2.45) is 0 Å². The molecular formula is C20H27FN4O5S. The number of ether oxygens (including phenoxy) is 1. The molecule has 0 spiro atoms. The zero-order valence-electron chi connectivity index (χ0n) is 17.1. The van der Waals surface area contributed by atoms with Crippen molar-refractivity contribution in [3.8, 4) is 0 Å². The topological polar surface area (TPSA) is 108 Å². The number of amides is 2. The van der Waals surface area contributed by atoms with Gasteiger partial charge in [0.25, 0.3) is 0 Å². The Morgan fingerprint density at radius 1 is 1.23 bits per heavy atom. The molecule has 31 heavy (non-hydrogen) atoms.